The van der Waals surface area contributed by atoms with Gasteiger partial charge in [0.05, 0.1) is 66.5 Å². The van der Waals surface area contributed by atoms with E-state index in [1.165, 1.54) is 17.6 Å². The molecule has 17 nitrogen and oxygen atoms in total. The fourth-order valence-corrected chi connectivity index (χ4v) is 10.2. The van der Waals surface area contributed by atoms with Crippen LogP contribution in [0.1, 0.15) is 115 Å². The van der Waals surface area contributed by atoms with Crippen molar-refractivity contribution in [2.24, 2.45) is 28.8 Å². The summed E-state index contributed by atoms with van der Waals surface area (Å²) in [6.45, 7) is 14.5. The Balaban J connectivity index is 0.890. The fraction of sp³-hybridized carbons (Fsp3) is 0.397. The maximum Gasteiger partial charge on any atom is 0.330 e. The first-order valence-electron chi connectivity index (χ1n) is 27.8. The molecule has 1 heterocycles. The topological polar surface area (TPSA) is 205 Å². The highest BCUT2D eigenvalue weighted by Crippen LogP contribution is 2.36. The molecule has 7 rings (SSSR count). The van der Waals surface area contributed by atoms with Crippen molar-refractivity contribution in [2.45, 2.75) is 110 Å². The highest BCUT2D eigenvalue weighted by Gasteiger charge is 2.34. The van der Waals surface area contributed by atoms with E-state index in [4.69, 9.17) is 48.0 Å². The summed E-state index contributed by atoms with van der Waals surface area (Å²) in [7, 11) is 0. The van der Waals surface area contributed by atoms with E-state index in [0.717, 1.165) is 73.7 Å². The van der Waals surface area contributed by atoms with Crippen molar-refractivity contribution in [3.8, 4) is 34.5 Å². The molecule has 428 valence electrons. The van der Waals surface area contributed by atoms with E-state index in [-0.39, 0.29) is 29.4 Å². The van der Waals surface area contributed by atoms with Crippen molar-refractivity contribution in [3.63, 3.8) is 0 Å². The van der Waals surface area contributed by atoms with E-state index in [0.29, 0.717) is 117 Å². The number of esters is 6. The van der Waals surface area contributed by atoms with Crippen LogP contribution in [0.2, 0.25) is 0 Å². The first-order valence-corrected chi connectivity index (χ1v) is 28.6. The minimum Gasteiger partial charge on any atom is -0.494 e. The third-order valence-corrected chi connectivity index (χ3v) is 14.9. The quantitative estimate of drug-likeness (QED) is 0.0105. The van der Waals surface area contributed by atoms with Gasteiger partial charge in [0.25, 0.3) is 0 Å². The number of para-hydroxylation sites is 1. The van der Waals surface area contributed by atoms with Crippen LogP contribution in [-0.4, -0.2) is 73.4 Å². The summed E-state index contributed by atoms with van der Waals surface area (Å²) in [5, 5.41) is 6.90. The van der Waals surface area contributed by atoms with Gasteiger partial charge in [-0.1, -0.05) is 43.2 Å². The summed E-state index contributed by atoms with van der Waals surface area (Å²) < 4.78 is 46.1. The Morgan fingerprint density at radius 3 is 1.40 bits per heavy atom. The van der Waals surface area contributed by atoms with Crippen LogP contribution in [0.25, 0.3) is 10.2 Å². The maximum atomic E-state index is 13.8. The molecule has 0 saturated heterocycles. The van der Waals surface area contributed by atoms with Crippen LogP contribution in [0.3, 0.4) is 0 Å². The number of aromatic nitrogens is 1. The second kappa shape index (κ2) is 31.6. The van der Waals surface area contributed by atoms with Gasteiger partial charge in [0.1, 0.15) is 34.5 Å². The van der Waals surface area contributed by atoms with Gasteiger partial charge in [-0.25, -0.2) is 19.6 Å². The first-order chi connectivity index (χ1) is 39.3. The normalized spacial score (nSPS) is 16.8. The number of carbonyl (C=O) groups excluding carboxylic acids is 6. The smallest absolute Gasteiger partial charge is 0.330 e. The summed E-state index contributed by atoms with van der Waals surface area (Å²) in [6.07, 6.45) is 14.2. The van der Waals surface area contributed by atoms with E-state index >= 15 is 0 Å². The molecule has 81 heavy (non-hydrogen) atoms. The zero-order valence-electron chi connectivity index (χ0n) is 45.9. The number of thiazole rings is 1. The minimum absolute atomic E-state index is 0.197. The monoisotopic (exact) mass is 1130 g/mol. The maximum absolute atomic E-state index is 13.8. The van der Waals surface area contributed by atoms with Gasteiger partial charge in [0, 0.05) is 23.4 Å². The highest BCUT2D eigenvalue weighted by atomic mass is 32.1. The first kappa shape index (κ1) is 60.5. The predicted octanol–water partition coefficient (Wildman–Crippen LogP) is 12.6. The minimum atomic E-state index is -0.480. The average Bonchev–Trinajstić information content (AvgIpc) is 3.92. The van der Waals surface area contributed by atoms with Crippen molar-refractivity contribution >= 4 is 68.7 Å². The van der Waals surface area contributed by atoms with E-state index < -0.39 is 41.6 Å². The number of nitrogens with zero attached hydrogens (tertiary/aromatic N) is 3. The molecule has 0 bridgehead atoms. The van der Waals surface area contributed by atoms with Crippen molar-refractivity contribution in [3.05, 3.63) is 134 Å². The molecule has 4 aromatic carbocycles. The number of carbonyl (C=O) groups is 6. The number of hydrogen-bond acceptors (Lipinski definition) is 18. The number of hydrogen-bond donors (Lipinski definition) is 0. The molecule has 2 aliphatic carbocycles. The standard InChI is InChI=1S/C63H71N3O14S/c1-5-57(67)75-39-15-9-7-13-37-73-49-27-31-51(32-28-49)77-59(69)44-19-21-46(22-20-44)61(71)79-53-35-36-55(48(41-53)42-64-66(43(3)4)63-65-54-17-11-12-18-56(54)81-63)80-62(72)47-25-23-45(24-26-47)60(70)78-52-33-29-50(30-34-52)74-38-14-8-10-16-40-76-58(68)6-2/h5-6,11-12,17-18,27-36,41-42,44-47H,1-3,7-10,13-16,19-26,37-40H2,4H3/b64-42+/t44-,45-,46-,47-. The Morgan fingerprint density at radius 1 is 0.543 bits per heavy atom. The molecule has 0 radical (unpaired) electrons. The molecule has 0 atom stereocenters. The molecule has 0 amide bonds. The van der Waals surface area contributed by atoms with Crippen LogP contribution in [0.4, 0.5) is 5.13 Å². The second-order valence-electron chi connectivity index (χ2n) is 19.9. The zero-order chi connectivity index (χ0) is 57.3. The predicted molar refractivity (Wildman–Crippen MR) is 308 cm³/mol. The highest BCUT2D eigenvalue weighted by molar-refractivity contribution is 7.22. The van der Waals surface area contributed by atoms with Crippen LogP contribution in [-0.2, 0) is 38.2 Å². The van der Waals surface area contributed by atoms with Gasteiger partial charge < -0.3 is 37.9 Å². The van der Waals surface area contributed by atoms with Crippen molar-refractivity contribution < 1.29 is 66.7 Å². The molecule has 2 saturated carbocycles. The number of ether oxygens (including phenoxy) is 8. The van der Waals surface area contributed by atoms with Crippen LogP contribution >= 0.6 is 11.3 Å². The lowest BCUT2D eigenvalue weighted by atomic mass is 9.82. The van der Waals surface area contributed by atoms with Gasteiger partial charge in [-0.2, -0.15) is 5.10 Å². The second-order valence-corrected chi connectivity index (χ2v) is 21.0. The summed E-state index contributed by atoms with van der Waals surface area (Å²) in [5.41, 5.74) is 1.75. The number of anilines is 1. The number of benzene rings is 4. The van der Waals surface area contributed by atoms with Crippen LogP contribution in [0, 0.1) is 23.7 Å². The summed E-state index contributed by atoms with van der Waals surface area (Å²) in [6, 6.07) is 26.3. The Kier molecular flexibility index (Phi) is 23.6. The van der Waals surface area contributed by atoms with Gasteiger partial charge in [0.2, 0.25) is 5.13 Å². The van der Waals surface area contributed by atoms with Gasteiger partial charge >= 0.3 is 35.8 Å². The Hall–Kier alpha value is -8.12. The summed E-state index contributed by atoms with van der Waals surface area (Å²) >= 11 is 1.44. The molecule has 5 aromatic rings. The lowest BCUT2D eigenvalue weighted by Crippen LogP contribution is -2.30. The van der Waals surface area contributed by atoms with Crippen molar-refractivity contribution in [2.75, 3.05) is 31.4 Å². The number of unbranched alkanes of at least 4 members (excludes halogenated alkanes) is 6. The van der Waals surface area contributed by atoms with Crippen molar-refractivity contribution in [1.29, 1.82) is 0 Å². The molecule has 0 spiro atoms. The molecule has 1 aromatic heterocycles. The molecule has 2 aliphatic rings. The van der Waals surface area contributed by atoms with Gasteiger partial charge in [-0.15, -0.1) is 0 Å². The Labute approximate surface area is 476 Å². The van der Waals surface area contributed by atoms with Gasteiger partial charge in [-0.3, -0.25) is 19.2 Å². The molecule has 18 heteroatoms. The van der Waals surface area contributed by atoms with Crippen LogP contribution in [0.5, 0.6) is 34.5 Å². The fourth-order valence-electron chi connectivity index (χ4n) is 9.25. The number of hydrazone groups is 1. The largest absolute Gasteiger partial charge is 0.494 e. The number of allylic oxidation sites excluding steroid dienone is 1. The molecule has 0 unspecified atom stereocenters. The molecule has 2 fully saturated rings. The average molecular weight is 1130 g/mol. The molecule has 0 aliphatic heterocycles. The molecule has 0 N–H and O–H groups in total. The summed E-state index contributed by atoms with van der Waals surface area (Å²) in [5.74, 6) is -1.63. The lowest BCUT2D eigenvalue weighted by molar-refractivity contribution is -0.145. The molecular weight excluding hydrogens is 1050 g/mol. The van der Waals surface area contributed by atoms with Crippen molar-refractivity contribution in [1.82, 2.24) is 4.98 Å². The Bertz CT molecular complexity index is 2940. The van der Waals surface area contributed by atoms with E-state index in [1.54, 1.807) is 78.7 Å². The Morgan fingerprint density at radius 2 is 0.951 bits per heavy atom. The van der Waals surface area contributed by atoms with E-state index in [1.807, 2.05) is 24.3 Å². The van der Waals surface area contributed by atoms with E-state index in [2.05, 4.69) is 19.7 Å². The lowest BCUT2D eigenvalue weighted by Gasteiger charge is -2.26. The number of fused-ring (bicyclic) bond motifs is 1. The zero-order valence-corrected chi connectivity index (χ0v) is 46.7. The van der Waals surface area contributed by atoms with Crippen LogP contribution in [0.15, 0.2) is 134 Å². The summed E-state index contributed by atoms with van der Waals surface area (Å²) in [4.78, 5) is 81.0. The third kappa shape index (κ3) is 19.3. The van der Waals surface area contributed by atoms with Gasteiger partial charge in [0.15, 0.2) is 0 Å². The van der Waals surface area contributed by atoms with E-state index in [9.17, 15) is 28.8 Å². The SMILES string of the molecule is C=CC(=O)OCCCCCCOc1ccc(OC(=O)[C@H]2CC[C@H](C(=O)Oc3ccc(OC(=O)[C@H]4CC[C@H](C(=O)Oc5ccc(OCCCCCCOC(=O)C=C)cc5)CC4)c(/C=N/N(C(=C)C)c4nc5ccccc5s4)c3)CC2)cc1. The number of rotatable bonds is 30. The van der Waals surface area contributed by atoms with Gasteiger partial charge in [-0.05, 0) is 189 Å². The van der Waals surface area contributed by atoms with Crippen LogP contribution < -0.4 is 33.4 Å². The third-order valence-electron chi connectivity index (χ3n) is 13.9. The molecular formula is C63H71N3O14S.